The molecule has 0 fully saturated rings. The normalized spacial score (nSPS) is 11.7. The third kappa shape index (κ3) is 4.24. The molecule has 0 saturated heterocycles. The Morgan fingerprint density at radius 3 is 2.58 bits per heavy atom. The first-order valence-corrected chi connectivity index (χ1v) is 7.01. The third-order valence-corrected chi connectivity index (χ3v) is 3.19. The molecule has 19 heavy (non-hydrogen) atoms. The van der Waals surface area contributed by atoms with Crippen molar-refractivity contribution < 1.29 is 9.53 Å². The molecule has 0 bridgehead atoms. The van der Waals surface area contributed by atoms with Crippen molar-refractivity contribution in [3.8, 4) is 5.75 Å². The van der Waals surface area contributed by atoms with Crippen LogP contribution in [0.2, 0.25) is 0 Å². The lowest BCUT2D eigenvalue weighted by Gasteiger charge is -2.14. The maximum Gasteiger partial charge on any atom is 0.265 e. The summed E-state index contributed by atoms with van der Waals surface area (Å²) in [5.41, 5.74) is 0.769. The molecule has 0 aliphatic heterocycles. The average Bonchev–Trinajstić information content (AvgIpc) is 2.40. The first-order chi connectivity index (χ1) is 9.15. The molecule has 2 aromatic rings. The van der Waals surface area contributed by atoms with E-state index in [9.17, 15) is 4.79 Å². The van der Waals surface area contributed by atoms with Gasteiger partial charge in [0, 0.05) is 9.26 Å². The van der Waals surface area contributed by atoms with Crippen molar-refractivity contribution in [2.45, 2.75) is 13.0 Å². The van der Waals surface area contributed by atoms with Crippen LogP contribution in [0.4, 0.5) is 5.69 Å². The monoisotopic (exact) mass is 367 g/mol. The minimum Gasteiger partial charge on any atom is -0.481 e. The molecule has 0 heterocycles. The standard InChI is InChI=1S/C15H14INO2/c1-11(19-14-9-5-6-12(16)10-14)15(18)17-13-7-3-2-4-8-13/h2-11H,1H3,(H,17,18)/t11-/m0/s1. The Hall–Kier alpha value is -1.56. The topological polar surface area (TPSA) is 38.3 Å². The van der Waals surface area contributed by atoms with E-state index in [0.717, 1.165) is 9.26 Å². The van der Waals surface area contributed by atoms with Crippen molar-refractivity contribution in [1.29, 1.82) is 0 Å². The molecule has 98 valence electrons. The summed E-state index contributed by atoms with van der Waals surface area (Å²) < 4.78 is 6.69. The summed E-state index contributed by atoms with van der Waals surface area (Å²) in [6.45, 7) is 1.73. The molecule has 0 saturated carbocycles. The van der Waals surface area contributed by atoms with Gasteiger partial charge < -0.3 is 10.1 Å². The van der Waals surface area contributed by atoms with E-state index in [1.807, 2.05) is 54.6 Å². The lowest BCUT2D eigenvalue weighted by molar-refractivity contribution is -0.122. The summed E-state index contributed by atoms with van der Waals surface area (Å²) in [5, 5.41) is 2.81. The van der Waals surface area contributed by atoms with E-state index in [-0.39, 0.29) is 5.91 Å². The molecule has 0 aliphatic rings. The summed E-state index contributed by atoms with van der Waals surface area (Å²) in [4.78, 5) is 12.0. The zero-order valence-electron chi connectivity index (χ0n) is 10.5. The molecule has 1 amide bonds. The van der Waals surface area contributed by atoms with Gasteiger partial charge in [0.05, 0.1) is 0 Å². The van der Waals surface area contributed by atoms with E-state index >= 15 is 0 Å². The van der Waals surface area contributed by atoms with Crippen LogP contribution < -0.4 is 10.1 Å². The van der Waals surface area contributed by atoms with Crippen LogP contribution in [0, 0.1) is 3.57 Å². The molecule has 0 radical (unpaired) electrons. The number of hydrogen-bond donors (Lipinski definition) is 1. The molecule has 3 nitrogen and oxygen atoms in total. The van der Waals surface area contributed by atoms with Crippen molar-refractivity contribution >= 4 is 34.2 Å². The fraction of sp³-hybridized carbons (Fsp3) is 0.133. The predicted molar refractivity (Wildman–Crippen MR) is 84.3 cm³/mol. The van der Waals surface area contributed by atoms with E-state index in [1.165, 1.54) is 0 Å². The molecule has 2 aromatic carbocycles. The largest absolute Gasteiger partial charge is 0.481 e. The number of carbonyl (C=O) groups is 1. The first kappa shape index (κ1) is 13.9. The lowest BCUT2D eigenvalue weighted by Crippen LogP contribution is -2.30. The van der Waals surface area contributed by atoms with Crippen molar-refractivity contribution in [2.24, 2.45) is 0 Å². The predicted octanol–water partition coefficient (Wildman–Crippen LogP) is 3.70. The van der Waals surface area contributed by atoms with Crippen molar-refractivity contribution in [1.82, 2.24) is 0 Å². The highest BCUT2D eigenvalue weighted by Crippen LogP contribution is 2.16. The van der Waals surface area contributed by atoms with Gasteiger partial charge in [0.1, 0.15) is 5.75 Å². The van der Waals surface area contributed by atoms with Gasteiger partial charge in [-0.25, -0.2) is 0 Å². The number of carbonyl (C=O) groups excluding carboxylic acids is 1. The van der Waals surface area contributed by atoms with E-state index in [1.54, 1.807) is 6.92 Å². The van der Waals surface area contributed by atoms with E-state index in [0.29, 0.717) is 5.75 Å². The van der Waals surface area contributed by atoms with E-state index < -0.39 is 6.10 Å². The SMILES string of the molecule is C[C@H](Oc1cccc(I)c1)C(=O)Nc1ccccc1. The summed E-state index contributed by atoms with van der Waals surface area (Å²) in [7, 11) is 0. The minimum absolute atomic E-state index is 0.162. The molecule has 1 N–H and O–H groups in total. The Balaban J connectivity index is 1.96. The Labute approximate surface area is 126 Å². The van der Waals surface area contributed by atoms with Gasteiger partial charge in [-0.05, 0) is 59.8 Å². The molecule has 0 aromatic heterocycles. The maximum atomic E-state index is 12.0. The number of anilines is 1. The fourth-order valence-corrected chi connectivity index (χ4v) is 2.08. The second kappa shape index (κ2) is 6.56. The number of nitrogens with one attached hydrogen (secondary N) is 1. The Bertz CT molecular complexity index is 557. The summed E-state index contributed by atoms with van der Waals surface area (Å²) in [6, 6.07) is 17.0. The Morgan fingerprint density at radius 2 is 1.89 bits per heavy atom. The van der Waals surface area contributed by atoms with Gasteiger partial charge >= 0.3 is 0 Å². The first-order valence-electron chi connectivity index (χ1n) is 5.93. The minimum atomic E-state index is -0.543. The zero-order valence-corrected chi connectivity index (χ0v) is 12.6. The molecule has 1 atom stereocenters. The number of benzene rings is 2. The Kier molecular flexibility index (Phi) is 4.79. The molecule has 0 aliphatic carbocycles. The van der Waals surface area contributed by atoms with Crippen LogP contribution in [0.1, 0.15) is 6.92 Å². The quantitative estimate of drug-likeness (QED) is 0.837. The number of para-hydroxylation sites is 1. The van der Waals surface area contributed by atoms with Crippen LogP contribution in [0.25, 0.3) is 0 Å². The van der Waals surface area contributed by atoms with E-state index in [2.05, 4.69) is 27.9 Å². The van der Waals surface area contributed by atoms with Crippen LogP contribution in [-0.2, 0) is 4.79 Å². The highest BCUT2D eigenvalue weighted by molar-refractivity contribution is 14.1. The number of amides is 1. The number of hydrogen-bond acceptors (Lipinski definition) is 2. The number of halogens is 1. The molecule has 4 heteroatoms. The fourth-order valence-electron chi connectivity index (χ4n) is 1.56. The van der Waals surface area contributed by atoms with Gasteiger partial charge in [-0.2, -0.15) is 0 Å². The second-order valence-electron chi connectivity index (χ2n) is 4.07. The van der Waals surface area contributed by atoms with Gasteiger partial charge in [-0.1, -0.05) is 24.3 Å². The van der Waals surface area contributed by atoms with Crippen LogP contribution in [0.5, 0.6) is 5.75 Å². The van der Waals surface area contributed by atoms with Crippen molar-refractivity contribution in [3.05, 3.63) is 58.2 Å². The van der Waals surface area contributed by atoms with Crippen LogP contribution in [0.15, 0.2) is 54.6 Å². The van der Waals surface area contributed by atoms with Gasteiger partial charge in [0.15, 0.2) is 6.10 Å². The third-order valence-electron chi connectivity index (χ3n) is 2.52. The smallest absolute Gasteiger partial charge is 0.265 e. The Morgan fingerprint density at radius 1 is 1.16 bits per heavy atom. The summed E-state index contributed by atoms with van der Waals surface area (Å²) in [6.07, 6.45) is -0.543. The van der Waals surface area contributed by atoms with Gasteiger partial charge in [0.25, 0.3) is 5.91 Å². The molecule has 2 rings (SSSR count). The van der Waals surface area contributed by atoms with Crippen molar-refractivity contribution in [2.75, 3.05) is 5.32 Å². The number of ether oxygens (including phenoxy) is 1. The van der Waals surface area contributed by atoms with Gasteiger partial charge in [-0.15, -0.1) is 0 Å². The lowest BCUT2D eigenvalue weighted by atomic mass is 10.3. The van der Waals surface area contributed by atoms with Crippen LogP contribution in [-0.4, -0.2) is 12.0 Å². The van der Waals surface area contributed by atoms with Crippen molar-refractivity contribution in [3.63, 3.8) is 0 Å². The molecular formula is C15H14INO2. The molecular weight excluding hydrogens is 353 g/mol. The molecule has 0 spiro atoms. The van der Waals surface area contributed by atoms with Crippen LogP contribution >= 0.6 is 22.6 Å². The summed E-state index contributed by atoms with van der Waals surface area (Å²) >= 11 is 2.21. The zero-order chi connectivity index (χ0) is 13.7. The van der Waals surface area contributed by atoms with Gasteiger partial charge in [-0.3, -0.25) is 4.79 Å². The van der Waals surface area contributed by atoms with Gasteiger partial charge in [0.2, 0.25) is 0 Å². The summed E-state index contributed by atoms with van der Waals surface area (Å²) in [5.74, 6) is 0.535. The average molecular weight is 367 g/mol. The highest BCUT2D eigenvalue weighted by Gasteiger charge is 2.14. The highest BCUT2D eigenvalue weighted by atomic mass is 127. The molecule has 0 unspecified atom stereocenters. The van der Waals surface area contributed by atoms with Crippen LogP contribution in [0.3, 0.4) is 0 Å². The second-order valence-corrected chi connectivity index (χ2v) is 5.32. The number of rotatable bonds is 4. The van der Waals surface area contributed by atoms with E-state index in [4.69, 9.17) is 4.74 Å². The maximum absolute atomic E-state index is 12.0.